The molecule has 114 valence electrons. The van der Waals surface area contributed by atoms with Crippen molar-refractivity contribution in [1.29, 1.82) is 0 Å². The Labute approximate surface area is 142 Å². The maximum atomic E-state index is 6.51. The molecule has 0 bridgehead atoms. The van der Waals surface area contributed by atoms with E-state index < -0.39 is 0 Å². The van der Waals surface area contributed by atoms with Crippen LogP contribution in [0.25, 0.3) is 0 Å². The molecule has 6 heteroatoms. The maximum Gasteiger partial charge on any atom is 0.0739 e. The highest BCUT2D eigenvalue weighted by atomic mass is 79.9. The van der Waals surface area contributed by atoms with E-state index in [1.807, 2.05) is 23.0 Å². The third kappa shape index (κ3) is 3.74. The van der Waals surface area contributed by atoms with Crippen molar-refractivity contribution < 1.29 is 0 Å². The van der Waals surface area contributed by atoms with E-state index in [1.54, 1.807) is 0 Å². The predicted molar refractivity (Wildman–Crippen MR) is 93.4 cm³/mol. The van der Waals surface area contributed by atoms with Gasteiger partial charge in [0.15, 0.2) is 0 Å². The fourth-order valence-electron chi connectivity index (χ4n) is 2.26. The first-order valence-electron chi connectivity index (χ1n) is 6.78. The molecule has 0 saturated carbocycles. The highest BCUT2D eigenvalue weighted by Crippen LogP contribution is 2.31. The van der Waals surface area contributed by atoms with Gasteiger partial charge in [-0.25, -0.2) is 0 Å². The molecular formula is C15H20Br2N4. The average molecular weight is 416 g/mol. The average Bonchev–Trinajstić information content (AvgIpc) is 2.80. The molecule has 4 nitrogen and oxygen atoms in total. The van der Waals surface area contributed by atoms with Gasteiger partial charge in [0.25, 0.3) is 0 Å². The van der Waals surface area contributed by atoms with Crippen LogP contribution in [0.1, 0.15) is 22.9 Å². The van der Waals surface area contributed by atoms with Crippen LogP contribution in [0.5, 0.6) is 0 Å². The molecule has 0 fully saturated rings. The summed E-state index contributed by atoms with van der Waals surface area (Å²) < 4.78 is 4.01. The summed E-state index contributed by atoms with van der Waals surface area (Å²) in [7, 11) is 4.10. The summed E-state index contributed by atoms with van der Waals surface area (Å²) in [5.74, 6) is 0. The molecule has 1 heterocycles. The number of hydrogen-bond donors (Lipinski definition) is 1. The predicted octanol–water partition coefficient (Wildman–Crippen LogP) is 3.33. The zero-order chi connectivity index (χ0) is 15.6. The number of aromatic nitrogens is 2. The van der Waals surface area contributed by atoms with Crippen molar-refractivity contribution in [1.82, 2.24) is 14.7 Å². The Morgan fingerprint density at radius 3 is 2.67 bits per heavy atom. The Hall–Kier alpha value is -0.690. The number of likely N-dealkylation sites (N-methyl/N-ethyl adjacent to an activating group) is 1. The van der Waals surface area contributed by atoms with E-state index in [0.717, 1.165) is 38.9 Å². The molecule has 2 rings (SSSR count). The van der Waals surface area contributed by atoms with E-state index in [1.165, 1.54) is 0 Å². The van der Waals surface area contributed by atoms with Gasteiger partial charge in [-0.2, -0.15) is 5.10 Å². The second-order valence-electron chi connectivity index (χ2n) is 5.34. The van der Waals surface area contributed by atoms with E-state index in [-0.39, 0.29) is 6.04 Å². The summed E-state index contributed by atoms with van der Waals surface area (Å²) in [6.45, 7) is 3.81. The van der Waals surface area contributed by atoms with Gasteiger partial charge in [0, 0.05) is 11.0 Å². The van der Waals surface area contributed by atoms with Crippen LogP contribution in [0.3, 0.4) is 0 Å². The molecule has 0 aliphatic heterocycles. The van der Waals surface area contributed by atoms with Crippen LogP contribution in [0.2, 0.25) is 0 Å². The lowest BCUT2D eigenvalue weighted by atomic mass is 9.99. The van der Waals surface area contributed by atoms with Crippen LogP contribution >= 0.6 is 31.9 Å². The van der Waals surface area contributed by atoms with E-state index >= 15 is 0 Å². The minimum Gasteiger partial charge on any atom is -0.319 e. The van der Waals surface area contributed by atoms with Crippen LogP contribution in [0.4, 0.5) is 0 Å². The monoisotopic (exact) mass is 414 g/mol. The first-order valence-corrected chi connectivity index (χ1v) is 8.37. The number of nitrogens with two attached hydrogens (primary N) is 1. The van der Waals surface area contributed by atoms with E-state index in [2.05, 4.69) is 68.9 Å². The van der Waals surface area contributed by atoms with Crippen LogP contribution in [-0.2, 0) is 6.54 Å². The van der Waals surface area contributed by atoms with Crippen molar-refractivity contribution in [2.24, 2.45) is 5.73 Å². The van der Waals surface area contributed by atoms with Gasteiger partial charge in [-0.05, 0) is 54.1 Å². The smallest absolute Gasteiger partial charge is 0.0739 e. The van der Waals surface area contributed by atoms with Gasteiger partial charge in [-0.1, -0.05) is 28.1 Å². The van der Waals surface area contributed by atoms with Crippen LogP contribution < -0.4 is 5.73 Å². The molecule has 0 spiro atoms. The zero-order valence-corrected chi connectivity index (χ0v) is 15.6. The van der Waals surface area contributed by atoms with Gasteiger partial charge in [0.1, 0.15) is 0 Å². The summed E-state index contributed by atoms with van der Waals surface area (Å²) in [6, 6.07) is 5.91. The Balaban J connectivity index is 2.36. The number of hydrogen-bond acceptors (Lipinski definition) is 3. The van der Waals surface area contributed by atoms with E-state index in [9.17, 15) is 0 Å². The Kier molecular flexibility index (Phi) is 5.60. The van der Waals surface area contributed by atoms with E-state index in [0.29, 0.717) is 0 Å². The summed E-state index contributed by atoms with van der Waals surface area (Å²) in [4.78, 5) is 2.13. The van der Waals surface area contributed by atoms with Crippen LogP contribution in [0.15, 0.2) is 33.3 Å². The van der Waals surface area contributed by atoms with Crippen molar-refractivity contribution in [3.05, 3.63) is 50.2 Å². The molecule has 0 radical (unpaired) electrons. The largest absolute Gasteiger partial charge is 0.319 e. The topological polar surface area (TPSA) is 47.1 Å². The highest BCUT2D eigenvalue weighted by molar-refractivity contribution is 9.10. The van der Waals surface area contributed by atoms with Gasteiger partial charge in [0.05, 0.1) is 29.0 Å². The summed E-state index contributed by atoms with van der Waals surface area (Å²) >= 11 is 7.14. The molecule has 21 heavy (non-hydrogen) atoms. The van der Waals surface area contributed by atoms with Gasteiger partial charge in [-0.3, -0.25) is 4.68 Å². The Morgan fingerprint density at radius 2 is 2.00 bits per heavy atom. The Morgan fingerprint density at radius 1 is 1.29 bits per heavy atom. The summed E-state index contributed by atoms with van der Waals surface area (Å²) in [6.07, 6.45) is 1.82. The molecule has 1 unspecified atom stereocenters. The second kappa shape index (κ2) is 7.05. The van der Waals surface area contributed by atoms with Gasteiger partial charge >= 0.3 is 0 Å². The fraction of sp³-hybridized carbons (Fsp3) is 0.400. The molecule has 0 saturated heterocycles. The zero-order valence-electron chi connectivity index (χ0n) is 12.5. The normalized spacial score (nSPS) is 12.9. The van der Waals surface area contributed by atoms with Crippen molar-refractivity contribution >= 4 is 31.9 Å². The lowest BCUT2D eigenvalue weighted by Gasteiger charge is -2.19. The van der Waals surface area contributed by atoms with Crippen molar-refractivity contribution in [2.45, 2.75) is 19.5 Å². The minimum atomic E-state index is -0.207. The first-order chi connectivity index (χ1) is 9.91. The molecule has 2 N–H and O–H groups in total. The van der Waals surface area contributed by atoms with Crippen molar-refractivity contribution in [2.75, 3.05) is 20.6 Å². The molecule has 1 aromatic heterocycles. The minimum absolute atomic E-state index is 0.207. The molecule has 0 aliphatic rings. The standard InChI is InChI=1S/C15H20Br2N4/c1-10-11(5-4-6-12(10)16)14(18)15-13(17)9-19-21(15)8-7-20(2)3/h4-6,9,14H,7-8,18H2,1-3H3. The Bertz CT molecular complexity index is 622. The van der Waals surface area contributed by atoms with Crippen molar-refractivity contribution in [3.63, 3.8) is 0 Å². The molecule has 1 aromatic carbocycles. The number of nitrogens with zero attached hydrogens (tertiary/aromatic N) is 3. The molecule has 1 atom stereocenters. The number of halogens is 2. The molecule has 2 aromatic rings. The summed E-state index contributed by atoms with van der Waals surface area (Å²) in [5, 5.41) is 4.44. The maximum absolute atomic E-state index is 6.51. The van der Waals surface area contributed by atoms with Crippen LogP contribution in [0, 0.1) is 6.92 Å². The lowest BCUT2D eigenvalue weighted by Crippen LogP contribution is -2.24. The fourth-order valence-corrected chi connectivity index (χ4v) is 3.19. The van der Waals surface area contributed by atoms with Gasteiger partial charge < -0.3 is 10.6 Å². The van der Waals surface area contributed by atoms with Crippen LogP contribution in [-0.4, -0.2) is 35.3 Å². The quantitative estimate of drug-likeness (QED) is 0.814. The third-order valence-electron chi connectivity index (χ3n) is 3.53. The molecule has 0 aliphatic carbocycles. The third-order valence-corrected chi connectivity index (χ3v) is 5.00. The van der Waals surface area contributed by atoms with Gasteiger partial charge in [-0.15, -0.1) is 0 Å². The first kappa shape index (κ1) is 16.7. The highest BCUT2D eigenvalue weighted by Gasteiger charge is 2.20. The number of benzene rings is 1. The number of rotatable bonds is 5. The van der Waals surface area contributed by atoms with Gasteiger partial charge in [0.2, 0.25) is 0 Å². The second-order valence-corrected chi connectivity index (χ2v) is 7.04. The van der Waals surface area contributed by atoms with E-state index in [4.69, 9.17) is 5.73 Å². The molecule has 0 amide bonds. The summed E-state index contributed by atoms with van der Waals surface area (Å²) in [5.41, 5.74) is 9.80. The lowest BCUT2D eigenvalue weighted by molar-refractivity contribution is 0.368. The van der Waals surface area contributed by atoms with Crippen molar-refractivity contribution in [3.8, 4) is 0 Å². The SMILES string of the molecule is Cc1c(Br)cccc1C(N)c1c(Br)cnn1CCN(C)C. The molecular weight excluding hydrogens is 396 g/mol.